The number of carbonyl (C=O) groups is 2. The van der Waals surface area contributed by atoms with E-state index in [1.165, 1.54) is 0 Å². The highest BCUT2D eigenvalue weighted by atomic mass is 17.0. The summed E-state index contributed by atoms with van der Waals surface area (Å²) >= 11 is 0. The molecule has 0 saturated carbocycles. The van der Waals surface area contributed by atoms with Gasteiger partial charge in [-0.1, -0.05) is 61.5 Å². The van der Waals surface area contributed by atoms with Crippen molar-refractivity contribution in [3.05, 3.63) is 81.4 Å². The minimum Gasteiger partial charge on any atom is -0.481 e. The molecule has 136 valence electrons. The van der Waals surface area contributed by atoms with Crippen molar-refractivity contribution in [1.82, 2.24) is 0 Å². The quantitative estimate of drug-likeness (QED) is 0.419. The maximum atomic E-state index is 12.5. The first kappa shape index (κ1) is 19.1. The summed E-state index contributed by atoms with van der Waals surface area (Å²) < 4.78 is 0. The molecule has 0 aliphatic carbocycles. The lowest BCUT2D eigenvalue weighted by atomic mass is 9.86. The van der Waals surface area contributed by atoms with Gasteiger partial charge in [0.15, 0.2) is 5.78 Å². The fraction of sp³-hybridized carbons (Fsp3) is 0.263. The van der Waals surface area contributed by atoms with Gasteiger partial charge >= 0.3 is 5.97 Å². The Morgan fingerprint density at radius 3 is 2.31 bits per heavy atom. The van der Waals surface area contributed by atoms with Gasteiger partial charge in [-0.15, -0.1) is 10.1 Å². The van der Waals surface area contributed by atoms with Crippen molar-refractivity contribution in [2.24, 2.45) is 0 Å². The summed E-state index contributed by atoms with van der Waals surface area (Å²) in [7, 11) is 0. The average molecular weight is 357 g/mol. The molecule has 0 aromatic heterocycles. The number of aliphatic carboxylic acids is 1. The molecule has 0 fully saturated rings. The summed E-state index contributed by atoms with van der Waals surface area (Å²) in [4.78, 5) is 39.6. The lowest BCUT2D eigenvalue weighted by Gasteiger charge is -2.23. The Morgan fingerprint density at radius 1 is 1.12 bits per heavy atom. The Bertz CT molecular complexity index is 790. The highest BCUT2D eigenvalue weighted by molar-refractivity contribution is 5.97. The number of carboxylic acid groups (broad SMARTS) is 1. The predicted molar refractivity (Wildman–Crippen MR) is 93.5 cm³/mol. The molecular formula is C19H19NO6. The summed E-state index contributed by atoms with van der Waals surface area (Å²) in [6, 6.07) is 15.2. The molecule has 0 amide bonds. The lowest BCUT2D eigenvalue weighted by Crippen LogP contribution is -2.31. The monoisotopic (exact) mass is 357 g/mol. The third-order valence-electron chi connectivity index (χ3n) is 4.10. The van der Waals surface area contributed by atoms with E-state index in [4.69, 9.17) is 0 Å². The van der Waals surface area contributed by atoms with Crippen LogP contribution in [0.4, 0.5) is 0 Å². The Morgan fingerprint density at radius 2 is 1.73 bits per heavy atom. The molecule has 0 unspecified atom stereocenters. The molecule has 7 heteroatoms. The summed E-state index contributed by atoms with van der Waals surface area (Å²) in [5.41, 5.74) is 1.37. The zero-order chi connectivity index (χ0) is 19.1. The zero-order valence-electron chi connectivity index (χ0n) is 14.2. The van der Waals surface area contributed by atoms with E-state index in [1.54, 1.807) is 61.5 Å². The number of hydrogen-bond acceptors (Lipinski definition) is 5. The Kier molecular flexibility index (Phi) is 6.43. The van der Waals surface area contributed by atoms with E-state index in [0.29, 0.717) is 16.7 Å². The molecule has 1 N–H and O–H groups in total. The predicted octanol–water partition coefficient (Wildman–Crippen LogP) is 3.27. The number of carboxylic acids is 1. The van der Waals surface area contributed by atoms with Crippen molar-refractivity contribution in [2.75, 3.05) is 0 Å². The van der Waals surface area contributed by atoms with Gasteiger partial charge in [-0.3, -0.25) is 9.59 Å². The standard InChI is InChI=1S/C19H19NO6/c1-2-17(26-20(24)25)18(19(22)23)15-11-7-6-10-14(15)12-16(21)13-8-4-3-5-9-13/h3-11,17-18H,2,12H2,1H3,(H,22,23)/t17-,18-/m0/s1. The van der Waals surface area contributed by atoms with Crippen LogP contribution in [-0.4, -0.2) is 28.0 Å². The van der Waals surface area contributed by atoms with E-state index in [0.717, 1.165) is 0 Å². The molecule has 2 rings (SSSR count). The molecule has 26 heavy (non-hydrogen) atoms. The number of carbonyl (C=O) groups excluding carboxylic acids is 1. The van der Waals surface area contributed by atoms with Gasteiger partial charge in [-0.05, 0) is 17.5 Å². The number of Topliss-reactive ketones (excluding diaryl/α,β-unsaturated/α-hetero) is 1. The van der Waals surface area contributed by atoms with E-state index in [2.05, 4.69) is 4.84 Å². The van der Waals surface area contributed by atoms with Crippen molar-refractivity contribution in [1.29, 1.82) is 0 Å². The normalized spacial score (nSPS) is 12.8. The summed E-state index contributed by atoms with van der Waals surface area (Å²) in [5, 5.41) is 19.4. The summed E-state index contributed by atoms with van der Waals surface area (Å²) in [6.45, 7) is 1.61. The molecule has 0 aliphatic rings. The van der Waals surface area contributed by atoms with Crippen LogP contribution in [0.1, 0.15) is 40.7 Å². The minimum atomic E-state index is -1.25. The maximum Gasteiger partial charge on any atom is 0.313 e. The first-order valence-electron chi connectivity index (χ1n) is 8.14. The Balaban J connectivity index is 2.37. The van der Waals surface area contributed by atoms with Gasteiger partial charge in [-0.2, -0.15) is 0 Å². The molecule has 0 aliphatic heterocycles. The van der Waals surface area contributed by atoms with E-state index in [9.17, 15) is 24.8 Å². The molecule has 2 aromatic rings. The van der Waals surface area contributed by atoms with Crippen LogP contribution in [0.25, 0.3) is 0 Å². The second-order valence-electron chi connectivity index (χ2n) is 5.76. The molecule has 0 bridgehead atoms. The van der Waals surface area contributed by atoms with Gasteiger partial charge in [0.05, 0.1) is 0 Å². The number of hydrogen-bond donors (Lipinski definition) is 1. The average Bonchev–Trinajstić information content (AvgIpc) is 2.62. The van der Waals surface area contributed by atoms with E-state index in [-0.39, 0.29) is 18.6 Å². The minimum absolute atomic E-state index is 0.00113. The topological polar surface area (TPSA) is 107 Å². The van der Waals surface area contributed by atoms with Crippen molar-refractivity contribution in [3.8, 4) is 0 Å². The second-order valence-corrected chi connectivity index (χ2v) is 5.76. The van der Waals surface area contributed by atoms with Crippen LogP contribution >= 0.6 is 0 Å². The summed E-state index contributed by atoms with van der Waals surface area (Å²) in [6.07, 6.45) is -1.01. The number of ketones is 1. The van der Waals surface area contributed by atoms with Crippen molar-refractivity contribution < 1.29 is 24.6 Å². The molecule has 0 saturated heterocycles. The van der Waals surface area contributed by atoms with Crippen LogP contribution in [0.5, 0.6) is 0 Å². The van der Waals surface area contributed by atoms with Crippen LogP contribution in [0.2, 0.25) is 0 Å². The highest BCUT2D eigenvalue weighted by Gasteiger charge is 2.33. The van der Waals surface area contributed by atoms with Gasteiger partial charge in [-0.25, -0.2) is 0 Å². The van der Waals surface area contributed by atoms with Crippen molar-refractivity contribution >= 4 is 11.8 Å². The van der Waals surface area contributed by atoms with Crippen LogP contribution in [0.3, 0.4) is 0 Å². The fourth-order valence-electron chi connectivity index (χ4n) is 2.87. The molecular weight excluding hydrogens is 338 g/mol. The Hall–Kier alpha value is -3.22. The number of rotatable bonds is 9. The molecule has 2 aromatic carbocycles. The molecule has 0 heterocycles. The van der Waals surface area contributed by atoms with E-state index in [1.807, 2.05) is 0 Å². The van der Waals surface area contributed by atoms with Crippen LogP contribution in [0.15, 0.2) is 54.6 Å². The number of nitrogens with zero attached hydrogens (tertiary/aromatic N) is 1. The first-order chi connectivity index (χ1) is 12.4. The van der Waals surface area contributed by atoms with Crippen molar-refractivity contribution in [2.45, 2.75) is 31.8 Å². The largest absolute Gasteiger partial charge is 0.481 e. The number of benzene rings is 2. The third-order valence-corrected chi connectivity index (χ3v) is 4.10. The first-order valence-corrected chi connectivity index (χ1v) is 8.14. The van der Waals surface area contributed by atoms with E-state index >= 15 is 0 Å². The van der Waals surface area contributed by atoms with Crippen LogP contribution < -0.4 is 0 Å². The molecule has 2 atom stereocenters. The molecule has 0 radical (unpaired) electrons. The van der Waals surface area contributed by atoms with Gasteiger partial charge < -0.3 is 9.94 Å². The zero-order valence-corrected chi connectivity index (χ0v) is 14.2. The van der Waals surface area contributed by atoms with Gasteiger partial charge in [0.2, 0.25) is 0 Å². The molecule has 7 nitrogen and oxygen atoms in total. The van der Waals surface area contributed by atoms with Crippen LogP contribution in [-0.2, 0) is 16.1 Å². The van der Waals surface area contributed by atoms with E-state index < -0.39 is 23.1 Å². The van der Waals surface area contributed by atoms with Gasteiger partial charge in [0.25, 0.3) is 5.09 Å². The third kappa shape index (κ3) is 4.66. The maximum absolute atomic E-state index is 12.5. The van der Waals surface area contributed by atoms with Gasteiger partial charge in [0, 0.05) is 12.0 Å². The van der Waals surface area contributed by atoms with Crippen LogP contribution in [0, 0.1) is 10.1 Å². The fourth-order valence-corrected chi connectivity index (χ4v) is 2.87. The Labute approximate surface area is 150 Å². The van der Waals surface area contributed by atoms with Crippen molar-refractivity contribution in [3.63, 3.8) is 0 Å². The second kappa shape index (κ2) is 8.75. The summed E-state index contributed by atoms with van der Waals surface area (Å²) in [5.74, 6) is -2.64. The lowest BCUT2D eigenvalue weighted by molar-refractivity contribution is -0.769. The SMILES string of the molecule is CC[C@H](O[N+](=O)[O-])[C@@H](C(=O)O)c1ccccc1CC(=O)c1ccccc1. The highest BCUT2D eigenvalue weighted by Crippen LogP contribution is 2.28. The molecule has 0 spiro atoms. The van der Waals surface area contributed by atoms with Gasteiger partial charge in [0.1, 0.15) is 12.0 Å². The smallest absolute Gasteiger partial charge is 0.313 e.